The Kier molecular flexibility index (Phi) is 5.36. The molecule has 1 aliphatic heterocycles. The predicted octanol–water partition coefficient (Wildman–Crippen LogP) is 1.88. The highest BCUT2D eigenvalue weighted by Crippen LogP contribution is 2.29. The highest BCUT2D eigenvalue weighted by molar-refractivity contribution is 7.89. The lowest BCUT2D eigenvalue weighted by atomic mass is 10.1. The molecule has 0 aliphatic carbocycles. The zero-order valence-electron chi connectivity index (χ0n) is 14.1. The van der Waals surface area contributed by atoms with Gasteiger partial charge in [0.05, 0.1) is 12.6 Å². The third-order valence-corrected chi connectivity index (χ3v) is 5.73. The van der Waals surface area contributed by atoms with Crippen molar-refractivity contribution in [2.75, 3.05) is 6.54 Å². The van der Waals surface area contributed by atoms with Crippen molar-refractivity contribution >= 4 is 15.9 Å². The lowest BCUT2D eigenvalue weighted by Crippen LogP contribution is -2.45. The second-order valence-electron chi connectivity index (χ2n) is 6.02. The van der Waals surface area contributed by atoms with Gasteiger partial charge in [0.2, 0.25) is 15.9 Å². The molecule has 0 radical (unpaired) electrons. The van der Waals surface area contributed by atoms with Crippen LogP contribution >= 0.6 is 0 Å². The van der Waals surface area contributed by atoms with Crippen molar-refractivity contribution < 1.29 is 22.3 Å². The van der Waals surface area contributed by atoms with Gasteiger partial charge < -0.3 is 10.1 Å². The molecule has 2 aromatic carbocycles. The maximum absolute atomic E-state index is 13.7. The van der Waals surface area contributed by atoms with E-state index in [0.717, 1.165) is 23.3 Å². The lowest BCUT2D eigenvalue weighted by Gasteiger charge is -2.17. The van der Waals surface area contributed by atoms with Gasteiger partial charge in [-0.2, -0.15) is 4.72 Å². The maximum atomic E-state index is 13.7. The number of fused-ring (bicyclic) bond motifs is 1. The Morgan fingerprint density at radius 3 is 2.69 bits per heavy atom. The van der Waals surface area contributed by atoms with E-state index in [0.29, 0.717) is 6.61 Å². The molecule has 2 aromatic rings. The normalized spacial score (nSPS) is 17.5. The molecule has 0 spiro atoms. The average molecular weight is 378 g/mol. The molecule has 8 heteroatoms. The van der Waals surface area contributed by atoms with Gasteiger partial charge >= 0.3 is 0 Å². The lowest BCUT2D eigenvalue weighted by molar-refractivity contribution is -0.123. The van der Waals surface area contributed by atoms with E-state index in [-0.39, 0.29) is 12.6 Å². The van der Waals surface area contributed by atoms with Crippen LogP contribution in [-0.2, 0) is 26.2 Å². The molecule has 0 fully saturated rings. The van der Waals surface area contributed by atoms with Gasteiger partial charge in [0.25, 0.3) is 0 Å². The molecular formula is C18H19FN2O4S. The van der Waals surface area contributed by atoms with Crippen LogP contribution in [0.3, 0.4) is 0 Å². The van der Waals surface area contributed by atoms with Crippen LogP contribution in [0.5, 0.6) is 0 Å². The summed E-state index contributed by atoms with van der Waals surface area (Å²) in [4.78, 5) is 11.7. The molecule has 0 bridgehead atoms. The molecular weight excluding hydrogens is 359 g/mol. The Labute approximate surface area is 151 Å². The van der Waals surface area contributed by atoms with Crippen LogP contribution in [0.4, 0.5) is 4.39 Å². The number of benzene rings is 2. The molecule has 2 atom stereocenters. The molecule has 0 saturated carbocycles. The summed E-state index contributed by atoms with van der Waals surface area (Å²) >= 11 is 0. The van der Waals surface area contributed by atoms with E-state index in [1.807, 2.05) is 24.3 Å². The van der Waals surface area contributed by atoms with Crippen LogP contribution in [0.2, 0.25) is 0 Å². The van der Waals surface area contributed by atoms with Gasteiger partial charge in [-0.1, -0.05) is 36.4 Å². The van der Waals surface area contributed by atoms with Crippen LogP contribution in [0, 0.1) is 5.82 Å². The molecule has 0 saturated heterocycles. The largest absolute Gasteiger partial charge is 0.367 e. The second-order valence-corrected chi connectivity index (χ2v) is 7.70. The number of carbonyl (C=O) groups is 1. The van der Waals surface area contributed by atoms with Crippen molar-refractivity contribution in [1.82, 2.24) is 10.0 Å². The van der Waals surface area contributed by atoms with E-state index in [1.54, 1.807) is 0 Å². The standard InChI is InChI=1S/C18H19FN2O4S/c1-12(21-26(23,24)17-9-5-4-8-15(17)19)18(22)20-10-16-14-7-3-2-6-13(14)11-25-16/h2-9,12,16,21H,10-11H2,1H3,(H,20,22)/t12-,16?/m0/s1. The fraction of sp³-hybridized carbons (Fsp3) is 0.278. The predicted molar refractivity (Wildman–Crippen MR) is 93.2 cm³/mol. The maximum Gasteiger partial charge on any atom is 0.244 e. The first-order valence-corrected chi connectivity index (χ1v) is 9.61. The molecule has 0 aromatic heterocycles. The van der Waals surface area contributed by atoms with Crippen molar-refractivity contribution in [3.63, 3.8) is 0 Å². The van der Waals surface area contributed by atoms with E-state index in [9.17, 15) is 17.6 Å². The highest BCUT2D eigenvalue weighted by Gasteiger charge is 2.27. The van der Waals surface area contributed by atoms with Crippen molar-refractivity contribution in [3.8, 4) is 0 Å². The Balaban J connectivity index is 1.60. The Morgan fingerprint density at radius 1 is 1.23 bits per heavy atom. The van der Waals surface area contributed by atoms with Gasteiger partial charge in [-0.15, -0.1) is 0 Å². The van der Waals surface area contributed by atoms with Crippen molar-refractivity contribution in [3.05, 3.63) is 65.5 Å². The van der Waals surface area contributed by atoms with Gasteiger partial charge in [0.1, 0.15) is 16.8 Å². The minimum absolute atomic E-state index is 0.224. The molecule has 138 valence electrons. The smallest absolute Gasteiger partial charge is 0.244 e. The van der Waals surface area contributed by atoms with Crippen LogP contribution in [0.25, 0.3) is 0 Å². The van der Waals surface area contributed by atoms with Gasteiger partial charge in [0, 0.05) is 6.54 Å². The second kappa shape index (κ2) is 7.53. The van der Waals surface area contributed by atoms with Gasteiger partial charge in [-0.25, -0.2) is 12.8 Å². The topological polar surface area (TPSA) is 84.5 Å². The number of halogens is 1. The fourth-order valence-corrected chi connectivity index (χ4v) is 4.07. The van der Waals surface area contributed by atoms with E-state index < -0.39 is 32.7 Å². The number of sulfonamides is 1. The number of nitrogens with one attached hydrogen (secondary N) is 2. The molecule has 6 nitrogen and oxygen atoms in total. The molecule has 26 heavy (non-hydrogen) atoms. The molecule has 1 unspecified atom stereocenters. The number of ether oxygens (including phenoxy) is 1. The van der Waals surface area contributed by atoms with E-state index in [4.69, 9.17) is 4.74 Å². The fourth-order valence-electron chi connectivity index (χ4n) is 2.79. The van der Waals surface area contributed by atoms with Gasteiger partial charge in [-0.3, -0.25) is 4.79 Å². The van der Waals surface area contributed by atoms with E-state index in [2.05, 4.69) is 10.0 Å². The van der Waals surface area contributed by atoms with Crippen LogP contribution in [-0.4, -0.2) is 26.9 Å². The van der Waals surface area contributed by atoms with Gasteiger partial charge in [-0.05, 0) is 30.2 Å². The number of hydrogen-bond acceptors (Lipinski definition) is 4. The third kappa shape index (κ3) is 3.92. The summed E-state index contributed by atoms with van der Waals surface area (Å²) in [5, 5.41) is 2.67. The summed E-state index contributed by atoms with van der Waals surface area (Å²) in [6.07, 6.45) is -0.273. The summed E-state index contributed by atoms with van der Waals surface area (Å²) in [7, 11) is -4.14. The summed E-state index contributed by atoms with van der Waals surface area (Å²) in [6, 6.07) is 11.7. The number of hydrogen-bond donors (Lipinski definition) is 2. The number of carbonyl (C=O) groups excluding carboxylic acids is 1. The van der Waals surface area contributed by atoms with Crippen LogP contribution in [0.15, 0.2) is 53.4 Å². The van der Waals surface area contributed by atoms with Crippen LogP contribution in [0.1, 0.15) is 24.2 Å². The zero-order chi connectivity index (χ0) is 18.7. The molecule has 1 amide bonds. The van der Waals surface area contributed by atoms with Crippen molar-refractivity contribution in [2.45, 2.75) is 30.6 Å². The van der Waals surface area contributed by atoms with Crippen molar-refractivity contribution in [1.29, 1.82) is 0 Å². The van der Waals surface area contributed by atoms with E-state index in [1.165, 1.54) is 19.1 Å². The molecule has 2 N–H and O–H groups in total. The quantitative estimate of drug-likeness (QED) is 0.804. The molecule has 3 rings (SSSR count). The SMILES string of the molecule is C[C@H](NS(=O)(=O)c1ccccc1F)C(=O)NCC1OCc2ccccc21. The summed E-state index contributed by atoms with van der Waals surface area (Å²) in [5.41, 5.74) is 2.08. The molecule has 1 aliphatic rings. The third-order valence-electron chi connectivity index (χ3n) is 4.16. The van der Waals surface area contributed by atoms with Crippen LogP contribution < -0.4 is 10.0 Å². The molecule has 1 heterocycles. The zero-order valence-corrected chi connectivity index (χ0v) is 14.9. The Hall–Kier alpha value is -2.29. The van der Waals surface area contributed by atoms with E-state index >= 15 is 0 Å². The minimum atomic E-state index is -4.14. The summed E-state index contributed by atoms with van der Waals surface area (Å²) in [6.45, 7) is 2.10. The first-order chi connectivity index (χ1) is 12.4. The summed E-state index contributed by atoms with van der Waals surface area (Å²) < 4.78 is 46.0. The number of amides is 1. The first kappa shape index (κ1) is 18.5. The average Bonchev–Trinajstić information content (AvgIpc) is 3.02. The van der Waals surface area contributed by atoms with Gasteiger partial charge in [0.15, 0.2) is 0 Å². The Morgan fingerprint density at radius 2 is 1.92 bits per heavy atom. The summed E-state index contributed by atoms with van der Waals surface area (Å²) in [5.74, 6) is -1.39. The first-order valence-electron chi connectivity index (χ1n) is 8.12. The minimum Gasteiger partial charge on any atom is -0.367 e. The van der Waals surface area contributed by atoms with Crippen molar-refractivity contribution in [2.24, 2.45) is 0 Å². The Bertz CT molecular complexity index is 917. The number of rotatable bonds is 6. The highest BCUT2D eigenvalue weighted by atomic mass is 32.2. The monoisotopic (exact) mass is 378 g/mol.